The Morgan fingerprint density at radius 1 is 1.16 bits per heavy atom. The summed E-state index contributed by atoms with van der Waals surface area (Å²) < 4.78 is 13.5. The molecule has 1 aliphatic heterocycles. The first-order valence-corrected chi connectivity index (χ1v) is 8.42. The van der Waals surface area contributed by atoms with Crippen molar-refractivity contribution < 1.29 is 9.47 Å². The molecule has 0 radical (unpaired) electrons. The lowest BCUT2D eigenvalue weighted by Crippen LogP contribution is -2.39. The van der Waals surface area contributed by atoms with Crippen molar-refractivity contribution in [1.29, 1.82) is 0 Å². The molecule has 0 saturated carbocycles. The monoisotopic (exact) mass is 336 g/mol. The lowest BCUT2D eigenvalue weighted by atomic mass is 10.1. The minimum absolute atomic E-state index is 0.0527. The van der Waals surface area contributed by atoms with Gasteiger partial charge < -0.3 is 9.47 Å². The Hall–Kier alpha value is -2.82. The highest BCUT2D eigenvalue weighted by Crippen LogP contribution is 2.33. The Morgan fingerprint density at radius 2 is 1.92 bits per heavy atom. The Balaban J connectivity index is 1.72. The zero-order valence-corrected chi connectivity index (χ0v) is 14.5. The maximum atomic E-state index is 12.9. The molecule has 2 unspecified atom stereocenters. The van der Waals surface area contributed by atoms with E-state index in [9.17, 15) is 4.79 Å². The van der Waals surface area contributed by atoms with Gasteiger partial charge in [-0.25, -0.2) is 4.98 Å². The first kappa shape index (κ1) is 15.7. The van der Waals surface area contributed by atoms with Crippen molar-refractivity contribution in [2.45, 2.75) is 32.9 Å². The highest BCUT2D eigenvalue weighted by Gasteiger charge is 2.28. The standard InChI is InChI=1S/C20H20N2O3/c1-12-8-9-15-19(13(12)2)21-11-22(20(15)23)14(3)18-10-24-16-6-4-5-7-17(16)25-18/h4-9,11,14,18H,10H2,1-3H3. The molecule has 0 amide bonds. The summed E-state index contributed by atoms with van der Waals surface area (Å²) >= 11 is 0. The molecule has 5 nitrogen and oxygen atoms in total. The van der Waals surface area contributed by atoms with Crippen LogP contribution in [-0.4, -0.2) is 22.3 Å². The maximum absolute atomic E-state index is 12.9. The molecule has 5 heteroatoms. The van der Waals surface area contributed by atoms with E-state index < -0.39 is 0 Å². The van der Waals surface area contributed by atoms with Crippen molar-refractivity contribution in [1.82, 2.24) is 9.55 Å². The van der Waals surface area contributed by atoms with Crippen LogP contribution in [0.3, 0.4) is 0 Å². The predicted octanol–water partition coefficient (Wildman–Crippen LogP) is 3.41. The number of hydrogen-bond donors (Lipinski definition) is 0. The van der Waals surface area contributed by atoms with E-state index in [0.717, 1.165) is 22.4 Å². The van der Waals surface area contributed by atoms with Crippen molar-refractivity contribution in [2.24, 2.45) is 0 Å². The summed E-state index contributed by atoms with van der Waals surface area (Å²) in [5.74, 6) is 1.44. The molecule has 0 N–H and O–H groups in total. The second-order valence-corrected chi connectivity index (χ2v) is 6.52. The number of hydrogen-bond acceptors (Lipinski definition) is 4. The van der Waals surface area contributed by atoms with Crippen molar-refractivity contribution in [3.8, 4) is 11.5 Å². The molecule has 3 aromatic rings. The van der Waals surface area contributed by atoms with Gasteiger partial charge in [0.2, 0.25) is 0 Å². The van der Waals surface area contributed by atoms with E-state index in [4.69, 9.17) is 9.47 Å². The summed E-state index contributed by atoms with van der Waals surface area (Å²) in [4.78, 5) is 17.5. The third-order valence-corrected chi connectivity index (χ3v) is 4.99. The molecule has 0 aliphatic carbocycles. The van der Waals surface area contributed by atoms with Gasteiger partial charge in [-0.3, -0.25) is 9.36 Å². The van der Waals surface area contributed by atoms with E-state index in [-0.39, 0.29) is 17.7 Å². The Kier molecular flexibility index (Phi) is 3.71. The molecule has 4 rings (SSSR count). The first-order chi connectivity index (χ1) is 12.1. The summed E-state index contributed by atoms with van der Waals surface area (Å²) in [6.45, 7) is 6.37. The van der Waals surface area contributed by atoms with Gasteiger partial charge in [0.1, 0.15) is 6.61 Å². The van der Waals surface area contributed by atoms with Crippen molar-refractivity contribution in [3.63, 3.8) is 0 Å². The fourth-order valence-corrected chi connectivity index (χ4v) is 3.19. The van der Waals surface area contributed by atoms with Gasteiger partial charge in [0.15, 0.2) is 17.6 Å². The molecule has 0 bridgehead atoms. The van der Waals surface area contributed by atoms with Gasteiger partial charge in [0.25, 0.3) is 5.56 Å². The summed E-state index contributed by atoms with van der Waals surface area (Å²) in [6.07, 6.45) is 1.37. The minimum atomic E-state index is -0.251. The van der Waals surface area contributed by atoms with E-state index >= 15 is 0 Å². The highest BCUT2D eigenvalue weighted by molar-refractivity contribution is 5.81. The molecule has 25 heavy (non-hydrogen) atoms. The number of para-hydroxylation sites is 2. The topological polar surface area (TPSA) is 53.4 Å². The molecule has 1 aromatic heterocycles. The second kappa shape index (κ2) is 5.92. The van der Waals surface area contributed by atoms with E-state index in [0.29, 0.717) is 17.7 Å². The van der Waals surface area contributed by atoms with E-state index in [1.54, 1.807) is 10.9 Å². The van der Waals surface area contributed by atoms with E-state index in [1.807, 2.05) is 57.2 Å². The second-order valence-electron chi connectivity index (χ2n) is 6.52. The van der Waals surface area contributed by atoms with Crippen LogP contribution in [0.1, 0.15) is 24.1 Å². The van der Waals surface area contributed by atoms with Gasteiger partial charge in [-0.1, -0.05) is 18.2 Å². The van der Waals surface area contributed by atoms with Crippen molar-refractivity contribution in [2.75, 3.05) is 6.61 Å². The van der Waals surface area contributed by atoms with Gasteiger partial charge in [0, 0.05) is 0 Å². The van der Waals surface area contributed by atoms with Crippen LogP contribution in [0.2, 0.25) is 0 Å². The Bertz CT molecular complexity index is 1010. The van der Waals surface area contributed by atoms with Crippen LogP contribution in [-0.2, 0) is 0 Å². The zero-order chi connectivity index (χ0) is 17.6. The SMILES string of the molecule is Cc1ccc2c(=O)n(C(C)C3COc4ccccc4O3)cnc2c1C. The maximum Gasteiger partial charge on any atom is 0.261 e. The van der Waals surface area contributed by atoms with Gasteiger partial charge in [-0.05, 0) is 50.1 Å². The van der Waals surface area contributed by atoms with Crippen LogP contribution in [0.4, 0.5) is 0 Å². The highest BCUT2D eigenvalue weighted by atomic mass is 16.6. The number of aromatic nitrogens is 2. The molecule has 0 saturated heterocycles. The predicted molar refractivity (Wildman–Crippen MR) is 96.5 cm³/mol. The van der Waals surface area contributed by atoms with E-state index in [2.05, 4.69) is 4.98 Å². The van der Waals surface area contributed by atoms with Crippen LogP contribution in [0, 0.1) is 13.8 Å². The zero-order valence-electron chi connectivity index (χ0n) is 14.5. The fraction of sp³-hybridized carbons (Fsp3) is 0.300. The molecular weight excluding hydrogens is 316 g/mol. The number of nitrogens with zero attached hydrogens (tertiary/aromatic N) is 2. The van der Waals surface area contributed by atoms with Gasteiger partial charge >= 0.3 is 0 Å². The minimum Gasteiger partial charge on any atom is -0.486 e. The van der Waals surface area contributed by atoms with Crippen LogP contribution in [0.5, 0.6) is 11.5 Å². The molecule has 2 heterocycles. The van der Waals surface area contributed by atoms with E-state index in [1.165, 1.54) is 0 Å². The number of benzene rings is 2. The molecule has 128 valence electrons. The summed E-state index contributed by atoms with van der Waals surface area (Å²) in [6, 6.07) is 11.2. The summed E-state index contributed by atoms with van der Waals surface area (Å²) in [5, 5.41) is 0.634. The lowest BCUT2D eigenvalue weighted by molar-refractivity contribution is 0.0559. The smallest absolute Gasteiger partial charge is 0.261 e. The number of fused-ring (bicyclic) bond motifs is 2. The normalized spacial score (nSPS) is 17.5. The summed E-state index contributed by atoms with van der Waals surface area (Å²) in [5.41, 5.74) is 2.88. The van der Waals surface area contributed by atoms with Crippen molar-refractivity contribution in [3.05, 3.63) is 64.2 Å². The van der Waals surface area contributed by atoms with Crippen LogP contribution < -0.4 is 15.0 Å². The Morgan fingerprint density at radius 3 is 2.72 bits per heavy atom. The molecule has 0 spiro atoms. The first-order valence-electron chi connectivity index (χ1n) is 8.42. The lowest BCUT2D eigenvalue weighted by Gasteiger charge is -2.31. The van der Waals surface area contributed by atoms with Crippen LogP contribution in [0.15, 0.2) is 47.5 Å². The largest absolute Gasteiger partial charge is 0.486 e. The molecule has 2 aromatic carbocycles. The number of ether oxygens (including phenoxy) is 2. The molecule has 2 atom stereocenters. The van der Waals surface area contributed by atoms with Crippen LogP contribution in [0.25, 0.3) is 10.9 Å². The van der Waals surface area contributed by atoms with Gasteiger partial charge in [0.05, 0.1) is 23.3 Å². The number of aryl methyl sites for hydroxylation is 2. The quantitative estimate of drug-likeness (QED) is 0.719. The third kappa shape index (κ3) is 2.56. The van der Waals surface area contributed by atoms with Crippen LogP contribution >= 0.6 is 0 Å². The molecule has 1 aliphatic rings. The fourth-order valence-electron chi connectivity index (χ4n) is 3.19. The third-order valence-electron chi connectivity index (χ3n) is 4.99. The Labute approximate surface area is 145 Å². The molecular formula is C20H20N2O3. The van der Waals surface area contributed by atoms with Gasteiger partial charge in [-0.15, -0.1) is 0 Å². The average Bonchev–Trinajstić information content (AvgIpc) is 2.64. The number of rotatable bonds is 2. The summed E-state index contributed by atoms with van der Waals surface area (Å²) in [7, 11) is 0. The van der Waals surface area contributed by atoms with Crippen molar-refractivity contribution >= 4 is 10.9 Å². The average molecular weight is 336 g/mol. The molecule has 0 fully saturated rings. The van der Waals surface area contributed by atoms with Gasteiger partial charge in [-0.2, -0.15) is 0 Å².